The molecule has 98 valence electrons. The van der Waals surface area contributed by atoms with E-state index in [1.807, 2.05) is 6.07 Å². The van der Waals surface area contributed by atoms with Crippen molar-refractivity contribution in [1.82, 2.24) is 0 Å². The second-order valence-corrected chi connectivity index (χ2v) is 6.52. The Morgan fingerprint density at radius 2 is 2.11 bits per heavy atom. The highest BCUT2D eigenvalue weighted by molar-refractivity contribution is 9.10. The van der Waals surface area contributed by atoms with E-state index in [0.717, 1.165) is 16.2 Å². The molecule has 3 heteroatoms. The van der Waals surface area contributed by atoms with Crippen molar-refractivity contribution in [3.05, 3.63) is 58.0 Å². The Hall–Kier alpha value is -1.06. The molecule has 0 aliphatic heterocycles. The summed E-state index contributed by atoms with van der Waals surface area (Å²) >= 11 is 3.52. The average Bonchev–Trinajstić information content (AvgIpc) is 3.04. The largest absolute Gasteiger partial charge is 0.466 e. The van der Waals surface area contributed by atoms with Crippen LogP contribution in [0.1, 0.15) is 35.3 Å². The number of nitrogens with two attached hydrogens (primary N) is 1. The summed E-state index contributed by atoms with van der Waals surface area (Å²) < 4.78 is 6.55. The van der Waals surface area contributed by atoms with E-state index in [1.165, 1.54) is 24.0 Å². The van der Waals surface area contributed by atoms with Crippen LogP contribution in [0, 0.1) is 11.8 Å². The van der Waals surface area contributed by atoms with Gasteiger partial charge < -0.3 is 10.2 Å². The third-order valence-electron chi connectivity index (χ3n) is 4.75. The third kappa shape index (κ3) is 1.72. The molecule has 1 aromatic heterocycles. The van der Waals surface area contributed by atoms with Crippen LogP contribution in [0.3, 0.4) is 0 Å². The molecule has 1 fully saturated rings. The maximum Gasteiger partial charge on any atom is 0.134 e. The molecule has 0 bridgehead atoms. The molecular weight excluding hydrogens is 302 g/mol. The number of aryl methyl sites for hydroxylation is 1. The Morgan fingerprint density at radius 1 is 1.26 bits per heavy atom. The molecule has 2 aliphatic carbocycles. The van der Waals surface area contributed by atoms with E-state index in [0.29, 0.717) is 11.8 Å². The lowest BCUT2D eigenvalue weighted by atomic mass is 9.92. The van der Waals surface area contributed by atoms with Gasteiger partial charge in [-0.05, 0) is 63.7 Å². The number of halogens is 1. The molecule has 1 heterocycles. The Balaban J connectivity index is 1.66. The van der Waals surface area contributed by atoms with Gasteiger partial charge in [0.2, 0.25) is 0 Å². The minimum absolute atomic E-state index is 0.00512. The van der Waals surface area contributed by atoms with Crippen LogP contribution in [0.4, 0.5) is 0 Å². The zero-order chi connectivity index (χ0) is 13.0. The molecule has 0 saturated heterocycles. The lowest BCUT2D eigenvalue weighted by Crippen LogP contribution is -2.13. The molecule has 4 rings (SSSR count). The van der Waals surface area contributed by atoms with Gasteiger partial charge in [0.1, 0.15) is 5.76 Å². The van der Waals surface area contributed by atoms with Crippen molar-refractivity contribution in [1.29, 1.82) is 0 Å². The maximum atomic E-state index is 6.44. The number of benzene rings is 1. The van der Waals surface area contributed by atoms with Gasteiger partial charge in [-0.15, -0.1) is 0 Å². The zero-order valence-electron chi connectivity index (χ0n) is 10.6. The SMILES string of the molecule is NC(c1occc1Br)C1C2CCc3ccccc3C21. The van der Waals surface area contributed by atoms with Gasteiger partial charge in [-0.2, -0.15) is 0 Å². The average molecular weight is 318 g/mol. The van der Waals surface area contributed by atoms with E-state index in [9.17, 15) is 0 Å². The number of hydrogen-bond acceptors (Lipinski definition) is 2. The molecule has 0 amide bonds. The van der Waals surface area contributed by atoms with Crippen molar-refractivity contribution in [3.63, 3.8) is 0 Å². The van der Waals surface area contributed by atoms with Gasteiger partial charge in [0, 0.05) is 0 Å². The van der Waals surface area contributed by atoms with Gasteiger partial charge in [-0.3, -0.25) is 0 Å². The molecule has 1 aromatic carbocycles. The molecule has 0 radical (unpaired) electrons. The first kappa shape index (κ1) is 11.7. The molecule has 2 N–H and O–H groups in total. The van der Waals surface area contributed by atoms with E-state index in [4.69, 9.17) is 10.2 Å². The van der Waals surface area contributed by atoms with Crippen LogP contribution < -0.4 is 5.73 Å². The Kier molecular flexibility index (Phi) is 2.61. The molecule has 2 nitrogen and oxygen atoms in total. The highest BCUT2D eigenvalue weighted by Gasteiger charge is 2.56. The first-order valence-electron chi connectivity index (χ1n) is 6.83. The second-order valence-electron chi connectivity index (χ2n) is 5.66. The van der Waals surface area contributed by atoms with Crippen molar-refractivity contribution in [2.45, 2.75) is 24.8 Å². The van der Waals surface area contributed by atoms with Crippen LogP contribution in [0.25, 0.3) is 0 Å². The van der Waals surface area contributed by atoms with Gasteiger partial charge in [0.05, 0.1) is 16.8 Å². The molecule has 2 aliphatic rings. The van der Waals surface area contributed by atoms with E-state index in [-0.39, 0.29) is 6.04 Å². The fraction of sp³-hybridized carbons (Fsp3) is 0.375. The summed E-state index contributed by atoms with van der Waals surface area (Å²) in [5.41, 5.74) is 9.47. The normalized spacial score (nSPS) is 29.5. The summed E-state index contributed by atoms with van der Waals surface area (Å²) in [7, 11) is 0. The minimum Gasteiger partial charge on any atom is -0.466 e. The highest BCUT2D eigenvalue weighted by Crippen LogP contribution is 2.63. The Bertz CT molecular complexity index is 621. The number of fused-ring (bicyclic) bond motifs is 3. The number of rotatable bonds is 2. The Labute approximate surface area is 121 Å². The minimum atomic E-state index is 0.00512. The lowest BCUT2D eigenvalue weighted by Gasteiger charge is -2.13. The number of hydrogen-bond donors (Lipinski definition) is 1. The molecule has 0 spiro atoms. The summed E-state index contributed by atoms with van der Waals surface area (Å²) in [4.78, 5) is 0. The molecular formula is C16H16BrNO. The topological polar surface area (TPSA) is 39.2 Å². The fourth-order valence-corrected chi connectivity index (χ4v) is 4.29. The smallest absolute Gasteiger partial charge is 0.134 e. The molecule has 4 atom stereocenters. The molecule has 2 aromatic rings. The van der Waals surface area contributed by atoms with Crippen LogP contribution in [0.2, 0.25) is 0 Å². The predicted molar refractivity (Wildman–Crippen MR) is 77.8 cm³/mol. The van der Waals surface area contributed by atoms with E-state index < -0.39 is 0 Å². The van der Waals surface area contributed by atoms with Gasteiger partial charge in [-0.1, -0.05) is 24.3 Å². The van der Waals surface area contributed by atoms with Crippen molar-refractivity contribution in [2.24, 2.45) is 17.6 Å². The van der Waals surface area contributed by atoms with Crippen LogP contribution in [0.15, 0.2) is 45.5 Å². The van der Waals surface area contributed by atoms with Crippen molar-refractivity contribution in [3.8, 4) is 0 Å². The van der Waals surface area contributed by atoms with Gasteiger partial charge in [0.25, 0.3) is 0 Å². The third-order valence-corrected chi connectivity index (χ3v) is 5.41. The monoisotopic (exact) mass is 317 g/mol. The highest BCUT2D eigenvalue weighted by atomic mass is 79.9. The first-order chi connectivity index (χ1) is 9.27. The zero-order valence-corrected chi connectivity index (χ0v) is 12.1. The molecule has 4 unspecified atom stereocenters. The summed E-state index contributed by atoms with van der Waals surface area (Å²) in [6, 6.07) is 10.7. The molecule has 1 saturated carbocycles. The predicted octanol–water partition coefficient (Wildman–Crippen LogP) is 4.02. The maximum absolute atomic E-state index is 6.44. The van der Waals surface area contributed by atoms with Gasteiger partial charge >= 0.3 is 0 Å². The summed E-state index contributed by atoms with van der Waals surface area (Å²) in [6.45, 7) is 0. The van der Waals surface area contributed by atoms with Crippen molar-refractivity contribution in [2.75, 3.05) is 0 Å². The van der Waals surface area contributed by atoms with Crippen LogP contribution in [0.5, 0.6) is 0 Å². The van der Waals surface area contributed by atoms with Gasteiger partial charge in [0.15, 0.2) is 0 Å². The van der Waals surface area contributed by atoms with Crippen LogP contribution >= 0.6 is 15.9 Å². The van der Waals surface area contributed by atoms with Gasteiger partial charge in [-0.25, -0.2) is 0 Å². The quantitative estimate of drug-likeness (QED) is 0.908. The summed E-state index contributed by atoms with van der Waals surface area (Å²) in [6.07, 6.45) is 4.16. The summed E-state index contributed by atoms with van der Waals surface area (Å²) in [5.74, 6) is 2.81. The Morgan fingerprint density at radius 3 is 2.89 bits per heavy atom. The molecule has 19 heavy (non-hydrogen) atoms. The lowest BCUT2D eigenvalue weighted by molar-refractivity contribution is 0.424. The van der Waals surface area contributed by atoms with Crippen LogP contribution in [-0.4, -0.2) is 0 Å². The second kappa shape index (κ2) is 4.22. The number of furan rings is 1. The van der Waals surface area contributed by atoms with Crippen molar-refractivity contribution < 1.29 is 4.42 Å². The van der Waals surface area contributed by atoms with Crippen molar-refractivity contribution >= 4 is 15.9 Å². The van der Waals surface area contributed by atoms with E-state index >= 15 is 0 Å². The summed E-state index contributed by atoms with van der Waals surface area (Å²) in [5, 5.41) is 0. The fourth-order valence-electron chi connectivity index (χ4n) is 3.83. The van der Waals surface area contributed by atoms with E-state index in [2.05, 4.69) is 40.2 Å². The van der Waals surface area contributed by atoms with Crippen LogP contribution in [-0.2, 0) is 6.42 Å². The standard InChI is InChI=1S/C16H16BrNO/c17-12-7-8-19-16(12)15(18)14-11-6-5-9-3-1-2-4-10(9)13(11)14/h1-4,7-8,11,13-15H,5-6,18H2. The van der Waals surface area contributed by atoms with E-state index in [1.54, 1.807) is 6.26 Å². The first-order valence-corrected chi connectivity index (χ1v) is 7.63.